The van der Waals surface area contributed by atoms with Crippen LogP contribution in [0.4, 0.5) is 5.69 Å². The molecular weight excluding hydrogens is 362 g/mol. The zero-order valence-corrected chi connectivity index (χ0v) is 16.7. The van der Waals surface area contributed by atoms with Gasteiger partial charge in [-0.1, -0.05) is 26.0 Å². The fourth-order valence-electron chi connectivity index (χ4n) is 3.46. The van der Waals surface area contributed by atoms with Gasteiger partial charge in [0.2, 0.25) is 0 Å². The van der Waals surface area contributed by atoms with E-state index in [0.717, 1.165) is 17.1 Å². The van der Waals surface area contributed by atoms with E-state index in [-0.39, 0.29) is 21.8 Å². The molecule has 3 rings (SSSR count). The standard InChI is InChI=1S/C20H25N3O3S/c1-20(2)11-7-13-23(15-20)19(24)17-9-4-5-10-18(17)27(25,26)22(3)16-8-6-12-21-14-16/h4-6,8-10,12,14H,7,11,13,15H2,1-3H3. The van der Waals surface area contributed by atoms with Crippen molar-refractivity contribution in [2.45, 2.75) is 31.6 Å². The van der Waals surface area contributed by atoms with Gasteiger partial charge in [0.25, 0.3) is 15.9 Å². The first-order valence-electron chi connectivity index (χ1n) is 9.00. The highest BCUT2D eigenvalue weighted by Crippen LogP contribution is 2.31. The van der Waals surface area contributed by atoms with E-state index < -0.39 is 10.0 Å². The number of pyridine rings is 1. The van der Waals surface area contributed by atoms with E-state index in [9.17, 15) is 13.2 Å². The van der Waals surface area contributed by atoms with Crippen molar-refractivity contribution >= 4 is 21.6 Å². The molecule has 1 saturated heterocycles. The summed E-state index contributed by atoms with van der Waals surface area (Å²) < 4.78 is 27.5. The highest BCUT2D eigenvalue weighted by Gasteiger charge is 2.33. The molecule has 0 atom stereocenters. The normalized spacial score (nSPS) is 16.8. The van der Waals surface area contributed by atoms with E-state index >= 15 is 0 Å². The molecule has 1 amide bonds. The summed E-state index contributed by atoms with van der Waals surface area (Å²) in [7, 11) is -2.42. The Balaban J connectivity index is 1.97. The number of carbonyl (C=O) groups is 1. The Morgan fingerprint density at radius 3 is 2.59 bits per heavy atom. The smallest absolute Gasteiger partial charge is 0.264 e. The lowest BCUT2D eigenvalue weighted by Gasteiger charge is -2.38. The predicted octanol–water partition coefficient (Wildman–Crippen LogP) is 3.17. The zero-order chi connectivity index (χ0) is 19.7. The summed E-state index contributed by atoms with van der Waals surface area (Å²) in [5.74, 6) is -0.235. The van der Waals surface area contributed by atoms with Gasteiger partial charge in [0.1, 0.15) is 4.90 Å². The lowest BCUT2D eigenvalue weighted by atomic mass is 9.84. The summed E-state index contributed by atoms with van der Waals surface area (Å²) in [6.45, 7) is 5.53. The molecule has 1 aliphatic heterocycles. The number of anilines is 1. The Morgan fingerprint density at radius 1 is 1.19 bits per heavy atom. The number of sulfonamides is 1. The van der Waals surface area contributed by atoms with Crippen LogP contribution < -0.4 is 4.31 Å². The molecule has 27 heavy (non-hydrogen) atoms. The number of rotatable bonds is 4. The van der Waals surface area contributed by atoms with Crippen LogP contribution in [0.1, 0.15) is 37.0 Å². The van der Waals surface area contributed by atoms with Crippen molar-refractivity contribution in [1.29, 1.82) is 0 Å². The van der Waals surface area contributed by atoms with Crippen LogP contribution in [0, 0.1) is 5.41 Å². The molecular formula is C20H25N3O3S. The number of piperidine rings is 1. The van der Waals surface area contributed by atoms with Crippen molar-refractivity contribution in [2.75, 3.05) is 24.4 Å². The Kier molecular flexibility index (Phi) is 5.24. The van der Waals surface area contributed by atoms with Crippen LogP contribution in [0.2, 0.25) is 0 Å². The molecule has 1 fully saturated rings. The van der Waals surface area contributed by atoms with Crippen LogP contribution >= 0.6 is 0 Å². The lowest BCUT2D eigenvalue weighted by Crippen LogP contribution is -2.44. The summed E-state index contributed by atoms with van der Waals surface area (Å²) >= 11 is 0. The van der Waals surface area contributed by atoms with Crippen molar-refractivity contribution in [3.05, 3.63) is 54.4 Å². The molecule has 1 aromatic heterocycles. The number of benzene rings is 1. The molecule has 0 bridgehead atoms. The van der Waals surface area contributed by atoms with Crippen LogP contribution in [-0.4, -0.2) is 44.3 Å². The third-order valence-electron chi connectivity index (χ3n) is 4.95. The molecule has 0 saturated carbocycles. The molecule has 2 aromatic rings. The Hall–Kier alpha value is -2.41. The van der Waals surface area contributed by atoms with Crippen molar-refractivity contribution in [2.24, 2.45) is 5.41 Å². The highest BCUT2D eigenvalue weighted by molar-refractivity contribution is 7.92. The topological polar surface area (TPSA) is 70.6 Å². The van der Waals surface area contributed by atoms with Gasteiger partial charge in [-0.15, -0.1) is 0 Å². The van der Waals surface area contributed by atoms with Gasteiger partial charge in [0, 0.05) is 26.3 Å². The number of amides is 1. The molecule has 6 nitrogen and oxygen atoms in total. The second kappa shape index (κ2) is 7.31. The van der Waals surface area contributed by atoms with Gasteiger partial charge in [-0.3, -0.25) is 14.1 Å². The third kappa shape index (κ3) is 3.98. The molecule has 1 aliphatic rings. The largest absolute Gasteiger partial charge is 0.338 e. The summed E-state index contributed by atoms with van der Waals surface area (Å²) in [6.07, 6.45) is 5.04. The summed E-state index contributed by atoms with van der Waals surface area (Å²) in [5, 5.41) is 0. The first kappa shape index (κ1) is 19.4. The Bertz CT molecular complexity index is 926. The average Bonchev–Trinajstić information content (AvgIpc) is 2.66. The van der Waals surface area contributed by atoms with E-state index in [2.05, 4.69) is 18.8 Å². The van der Waals surface area contributed by atoms with Crippen molar-refractivity contribution in [3.63, 3.8) is 0 Å². The number of carbonyl (C=O) groups excluding carboxylic acids is 1. The zero-order valence-electron chi connectivity index (χ0n) is 15.9. The van der Waals surface area contributed by atoms with E-state index in [1.165, 1.54) is 19.3 Å². The predicted molar refractivity (Wildman–Crippen MR) is 105 cm³/mol. The quantitative estimate of drug-likeness (QED) is 0.808. The highest BCUT2D eigenvalue weighted by atomic mass is 32.2. The van der Waals surface area contributed by atoms with E-state index in [4.69, 9.17) is 0 Å². The third-order valence-corrected chi connectivity index (χ3v) is 6.80. The number of aromatic nitrogens is 1. The number of nitrogens with zero attached hydrogens (tertiary/aromatic N) is 3. The maximum Gasteiger partial charge on any atom is 0.264 e. The minimum absolute atomic E-state index is 0.0183. The van der Waals surface area contributed by atoms with E-state index in [1.54, 1.807) is 41.4 Å². The molecule has 2 heterocycles. The summed E-state index contributed by atoms with van der Waals surface area (Å²) in [4.78, 5) is 18.9. The fraction of sp³-hybridized carbons (Fsp3) is 0.400. The SMILES string of the molecule is CN(c1cccnc1)S(=O)(=O)c1ccccc1C(=O)N1CCCC(C)(C)C1. The van der Waals surface area contributed by atoms with Crippen molar-refractivity contribution in [1.82, 2.24) is 9.88 Å². The van der Waals surface area contributed by atoms with Crippen molar-refractivity contribution in [3.8, 4) is 0 Å². The first-order chi connectivity index (χ1) is 12.7. The molecule has 0 aliphatic carbocycles. The fourth-order valence-corrected chi connectivity index (χ4v) is 4.83. The van der Waals surface area contributed by atoms with Gasteiger partial charge >= 0.3 is 0 Å². The molecule has 0 N–H and O–H groups in total. The van der Waals surface area contributed by atoms with Gasteiger partial charge in [-0.05, 0) is 42.5 Å². The summed E-state index contributed by atoms with van der Waals surface area (Å²) in [6, 6.07) is 9.76. The molecule has 0 unspecified atom stereocenters. The molecule has 0 spiro atoms. The van der Waals surface area contributed by atoms with E-state index in [0.29, 0.717) is 18.8 Å². The van der Waals surface area contributed by atoms with Gasteiger partial charge in [-0.2, -0.15) is 0 Å². The van der Waals surface area contributed by atoms with Crippen LogP contribution in [-0.2, 0) is 10.0 Å². The first-order valence-corrected chi connectivity index (χ1v) is 10.4. The molecule has 7 heteroatoms. The number of hydrogen-bond acceptors (Lipinski definition) is 4. The summed E-state index contributed by atoms with van der Waals surface area (Å²) in [5.41, 5.74) is 0.693. The molecule has 0 radical (unpaired) electrons. The lowest BCUT2D eigenvalue weighted by molar-refractivity contribution is 0.0579. The molecule has 1 aromatic carbocycles. The van der Waals surface area contributed by atoms with Crippen LogP contribution in [0.25, 0.3) is 0 Å². The monoisotopic (exact) mass is 387 g/mol. The van der Waals surface area contributed by atoms with Gasteiger partial charge < -0.3 is 4.90 Å². The molecule has 144 valence electrons. The second-order valence-electron chi connectivity index (χ2n) is 7.67. The average molecular weight is 388 g/mol. The number of hydrogen-bond donors (Lipinski definition) is 0. The van der Waals surface area contributed by atoms with Gasteiger partial charge in [-0.25, -0.2) is 8.42 Å². The Labute approximate surface area is 160 Å². The number of likely N-dealkylation sites (tertiary alicyclic amines) is 1. The van der Waals surface area contributed by atoms with Crippen LogP contribution in [0.3, 0.4) is 0 Å². The maximum atomic E-state index is 13.2. The van der Waals surface area contributed by atoms with Gasteiger partial charge in [0.15, 0.2) is 0 Å². The van der Waals surface area contributed by atoms with Gasteiger partial charge in [0.05, 0.1) is 17.4 Å². The maximum absolute atomic E-state index is 13.2. The van der Waals surface area contributed by atoms with Crippen LogP contribution in [0.15, 0.2) is 53.7 Å². The van der Waals surface area contributed by atoms with E-state index in [1.807, 2.05) is 0 Å². The van der Waals surface area contributed by atoms with Crippen molar-refractivity contribution < 1.29 is 13.2 Å². The van der Waals surface area contributed by atoms with Crippen LogP contribution in [0.5, 0.6) is 0 Å². The minimum atomic E-state index is -3.89. The Morgan fingerprint density at radius 2 is 1.93 bits per heavy atom. The minimum Gasteiger partial charge on any atom is -0.338 e. The second-order valence-corrected chi connectivity index (χ2v) is 9.61.